The van der Waals surface area contributed by atoms with Crippen LogP contribution in [0.2, 0.25) is 0 Å². The average Bonchev–Trinajstić information content (AvgIpc) is 3.16. The third-order valence-electron chi connectivity index (χ3n) is 3.47. The molecule has 0 unspecified atom stereocenters. The highest BCUT2D eigenvalue weighted by molar-refractivity contribution is 5.38. The van der Waals surface area contributed by atoms with Crippen molar-refractivity contribution in [3.63, 3.8) is 0 Å². The van der Waals surface area contributed by atoms with Crippen molar-refractivity contribution in [1.29, 1.82) is 0 Å². The maximum absolute atomic E-state index is 13.4. The summed E-state index contributed by atoms with van der Waals surface area (Å²) in [6.07, 6.45) is 4.32. The molecule has 0 spiro atoms. The summed E-state index contributed by atoms with van der Waals surface area (Å²) in [6.45, 7) is 3.86. The van der Waals surface area contributed by atoms with Crippen molar-refractivity contribution in [2.24, 2.45) is 0 Å². The van der Waals surface area contributed by atoms with Gasteiger partial charge in [-0.2, -0.15) is 5.10 Å². The zero-order chi connectivity index (χ0) is 13.2. The van der Waals surface area contributed by atoms with Crippen LogP contribution in [-0.2, 0) is 6.54 Å². The van der Waals surface area contributed by atoms with Gasteiger partial charge in [-0.05, 0) is 37.6 Å². The maximum Gasteiger partial charge on any atom is 0.125 e. The summed E-state index contributed by atoms with van der Waals surface area (Å²) in [7, 11) is 0. The lowest BCUT2D eigenvalue weighted by molar-refractivity contribution is 0.624. The highest BCUT2D eigenvalue weighted by atomic mass is 19.1. The van der Waals surface area contributed by atoms with Gasteiger partial charge >= 0.3 is 0 Å². The van der Waals surface area contributed by atoms with E-state index in [0.29, 0.717) is 5.92 Å². The molecular weight excluding hydrogens is 241 g/mol. The topological polar surface area (TPSA) is 29.9 Å². The Hall–Kier alpha value is -1.68. The van der Waals surface area contributed by atoms with Crippen LogP contribution in [0, 0.1) is 5.82 Å². The van der Waals surface area contributed by atoms with Gasteiger partial charge in [0.25, 0.3) is 0 Å². The molecule has 2 aromatic rings. The van der Waals surface area contributed by atoms with E-state index in [1.54, 1.807) is 6.07 Å². The van der Waals surface area contributed by atoms with Gasteiger partial charge in [0.2, 0.25) is 0 Å². The molecule has 1 heterocycles. The number of nitrogens with one attached hydrogen (secondary N) is 1. The molecule has 3 rings (SSSR count). The Balaban J connectivity index is 1.99. The van der Waals surface area contributed by atoms with Crippen LogP contribution >= 0.6 is 0 Å². The summed E-state index contributed by atoms with van der Waals surface area (Å²) in [4.78, 5) is 0. The van der Waals surface area contributed by atoms with Crippen molar-refractivity contribution >= 4 is 0 Å². The van der Waals surface area contributed by atoms with Gasteiger partial charge in [-0.3, -0.25) is 0 Å². The SMILES string of the molecule is CCNCc1cnn(-c2cccc(F)c2)c1C1CC1. The minimum absolute atomic E-state index is 0.219. The van der Waals surface area contributed by atoms with Crippen molar-refractivity contribution < 1.29 is 4.39 Å². The van der Waals surface area contributed by atoms with Crippen molar-refractivity contribution in [2.75, 3.05) is 6.54 Å². The molecule has 1 aromatic heterocycles. The molecule has 0 atom stereocenters. The first-order chi connectivity index (χ1) is 9.29. The van der Waals surface area contributed by atoms with Crippen molar-refractivity contribution in [3.8, 4) is 5.69 Å². The fourth-order valence-corrected chi connectivity index (χ4v) is 2.39. The normalized spacial score (nSPS) is 14.8. The van der Waals surface area contributed by atoms with Crippen LogP contribution in [0.5, 0.6) is 0 Å². The molecule has 1 saturated carbocycles. The Kier molecular flexibility index (Phi) is 3.34. The molecule has 0 aliphatic heterocycles. The van der Waals surface area contributed by atoms with Gasteiger partial charge in [-0.1, -0.05) is 13.0 Å². The van der Waals surface area contributed by atoms with Gasteiger partial charge in [0.15, 0.2) is 0 Å². The smallest absolute Gasteiger partial charge is 0.125 e. The average molecular weight is 259 g/mol. The molecule has 0 amide bonds. The van der Waals surface area contributed by atoms with E-state index in [0.717, 1.165) is 18.8 Å². The standard InChI is InChI=1S/C15H18FN3/c1-2-17-9-12-10-18-19(15(12)11-6-7-11)14-5-3-4-13(16)8-14/h3-5,8,10-11,17H,2,6-7,9H2,1H3. The van der Waals surface area contributed by atoms with Gasteiger partial charge in [0, 0.05) is 18.0 Å². The largest absolute Gasteiger partial charge is 0.313 e. The second kappa shape index (κ2) is 5.13. The van der Waals surface area contributed by atoms with E-state index in [1.807, 2.05) is 16.9 Å². The first-order valence-electron chi connectivity index (χ1n) is 6.83. The molecule has 19 heavy (non-hydrogen) atoms. The molecule has 1 fully saturated rings. The quantitative estimate of drug-likeness (QED) is 0.894. The van der Waals surface area contributed by atoms with E-state index in [4.69, 9.17) is 0 Å². The molecule has 1 aliphatic rings. The second-order valence-corrected chi connectivity index (χ2v) is 5.00. The zero-order valence-electron chi connectivity index (χ0n) is 11.1. The number of hydrogen-bond acceptors (Lipinski definition) is 2. The zero-order valence-corrected chi connectivity index (χ0v) is 11.1. The van der Waals surface area contributed by atoms with Crippen LogP contribution in [0.15, 0.2) is 30.5 Å². The monoisotopic (exact) mass is 259 g/mol. The molecule has 0 radical (unpaired) electrons. The number of aromatic nitrogens is 2. The Morgan fingerprint density at radius 3 is 2.95 bits per heavy atom. The van der Waals surface area contributed by atoms with E-state index < -0.39 is 0 Å². The van der Waals surface area contributed by atoms with Gasteiger partial charge in [0.05, 0.1) is 17.6 Å². The molecule has 0 saturated heterocycles. The lowest BCUT2D eigenvalue weighted by Crippen LogP contribution is -2.13. The summed E-state index contributed by atoms with van der Waals surface area (Å²) < 4.78 is 15.3. The van der Waals surface area contributed by atoms with Gasteiger partial charge < -0.3 is 5.32 Å². The Labute approximate surface area is 112 Å². The van der Waals surface area contributed by atoms with Crippen LogP contribution < -0.4 is 5.32 Å². The highest BCUT2D eigenvalue weighted by Crippen LogP contribution is 2.42. The Morgan fingerprint density at radius 2 is 2.26 bits per heavy atom. The molecule has 1 aliphatic carbocycles. The first kappa shape index (κ1) is 12.4. The Bertz CT molecular complexity index is 573. The van der Waals surface area contributed by atoms with E-state index in [-0.39, 0.29) is 5.82 Å². The van der Waals surface area contributed by atoms with Crippen molar-refractivity contribution in [1.82, 2.24) is 15.1 Å². The first-order valence-corrected chi connectivity index (χ1v) is 6.83. The molecule has 0 bridgehead atoms. The van der Waals surface area contributed by atoms with E-state index >= 15 is 0 Å². The summed E-state index contributed by atoms with van der Waals surface area (Å²) in [6, 6.07) is 6.63. The van der Waals surface area contributed by atoms with Gasteiger partial charge in [-0.25, -0.2) is 9.07 Å². The summed E-state index contributed by atoms with van der Waals surface area (Å²) in [5.41, 5.74) is 3.28. The number of halogens is 1. The lowest BCUT2D eigenvalue weighted by atomic mass is 10.1. The molecule has 1 aromatic carbocycles. The van der Waals surface area contributed by atoms with E-state index in [2.05, 4.69) is 17.3 Å². The van der Waals surface area contributed by atoms with Crippen LogP contribution in [0.25, 0.3) is 5.69 Å². The fourth-order valence-electron chi connectivity index (χ4n) is 2.39. The fraction of sp³-hybridized carbons (Fsp3) is 0.400. The van der Waals surface area contributed by atoms with Crippen LogP contribution in [0.4, 0.5) is 4.39 Å². The van der Waals surface area contributed by atoms with E-state index in [1.165, 1.54) is 36.2 Å². The number of nitrogens with zero attached hydrogens (tertiary/aromatic N) is 2. The number of rotatable bonds is 5. The van der Waals surface area contributed by atoms with Crippen LogP contribution in [-0.4, -0.2) is 16.3 Å². The molecule has 4 heteroatoms. The lowest BCUT2D eigenvalue weighted by Gasteiger charge is -2.09. The highest BCUT2D eigenvalue weighted by Gasteiger charge is 2.30. The predicted octanol–water partition coefficient (Wildman–Crippen LogP) is 3.00. The molecule has 3 nitrogen and oxygen atoms in total. The Morgan fingerprint density at radius 1 is 1.42 bits per heavy atom. The second-order valence-electron chi connectivity index (χ2n) is 5.00. The summed E-state index contributed by atoms with van der Waals surface area (Å²) in [5, 5.41) is 7.79. The van der Waals surface area contributed by atoms with Crippen molar-refractivity contribution in [3.05, 3.63) is 47.5 Å². The van der Waals surface area contributed by atoms with Crippen LogP contribution in [0.3, 0.4) is 0 Å². The van der Waals surface area contributed by atoms with E-state index in [9.17, 15) is 4.39 Å². The molecular formula is C15H18FN3. The van der Waals surface area contributed by atoms with Gasteiger partial charge in [-0.15, -0.1) is 0 Å². The minimum Gasteiger partial charge on any atom is -0.313 e. The summed E-state index contributed by atoms with van der Waals surface area (Å²) >= 11 is 0. The minimum atomic E-state index is -0.219. The predicted molar refractivity (Wildman–Crippen MR) is 72.9 cm³/mol. The van der Waals surface area contributed by atoms with Gasteiger partial charge in [0.1, 0.15) is 5.82 Å². The third-order valence-corrected chi connectivity index (χ3v) is 3.47. The maximum atomic E-state index is 13.4. The summed E-state index contributed by atoms with van der Waals surface area (Å²) in [5.74, 6) is 0.363. The van der Waals surface area contributed by atoms with Crippen LogP contribution in [0.1, 0.15) is 36.9 Å². The number of hydrogen-bond donors (Lipinski definition) is 1. The number of benzene rings is 1. The molecule has 100 valence electrons. The van der Waals surface area contributed by atoms with Crippen molar-refractivity contribution in [2.45, 2.75) is 32.2 Å². The third kappa shape index (κ3) is 2.54. The molecule has 1 N–H and O–H groups in total.